The van der Waals surface area contributed by atoms with Gasteiger partial charge in [0.15, 0.2) is 0 Å². The second-order valence-corrected chi connectivity index (χ2v) is 8.78. The number of rotatable bonds is 3. The Kier molecular flexibility index (Phi) is 3.56. The molecular weight excluding hydrogens is 352 g/mol. The van der Waals surface area contributed by atoms with Crippen LogP contribution in [0.4, 0.5) is 0 Å². The summed E-state index contributed by atoms with van der Waals surface area (Å²) in [5.41, 5.74) is 0. The van der Waals surface area contributed by atoms with Gasteiger partial charge in [-0.3, -0.25) is 0 Å². The average Bonchev–Trinajstić information content (AvgIpc) is 2.92. The molecule has 0 spiro atoms. The smallest absolute Gasteiger partial charge is 0.261 e. The first-order valence-corrected chi connectivity index (χ1v) is 9.44. The molecule has 3 rings (SSSR count). The Morgan fingerprint density at radius 3 is 2.58 bits per heavy atom. The lowest BCUT2D eigenvalue weighted by Crippen LogP contribution is -2.23. The molecule has 1 aromatic rings. The molecule has 1 aromatic carbocycles. The summed E-state index contributed by atoms with van der Waals surface area (Å²) in [6.45, 7) is 0. The number of halogens is 2. The lowest BCUT2D eigenvalue weighted by atomic mass is 9.98. The first-order chi connectivity index (χ1) is 8.93. The topological polar surface area (TPSA) is 43.4 Å². The van der Waals surface area contributed by atoms with E-state index in [4.69, 9.17) is 15.4 Å². The minimum Gasteiger partial charge on any atom is -0.489 e. The number of benzene rings is 1. The highest BCUT2D eigenvalue weighted by molar-refractivity contribution is 9.10. The Bertz CT molecular complexity index is 602. The highest BCUT2D eigenvalue weighted by Crippen LogP contribution is 2.46. The SMILES string of the molecule is O=S(=O)(Cl)c1ccc(OC2CC3CCC2C3)c(Br)c1. The monoisotopic (exact) mass is 364 g/mol. The van der Waals surface area contributed by atoms with E-state index < -0.39 is 9.05 Å². The van der Waals surface area contributed by atoms with Crippen molar-refractivity contribution in [2.24, 2.45) is 11.8 Å². The highest BCUT2D eigenvalue weighted by atomic mass is 79.9. The van der Waals surface area contributed by atoms with E-state index in [-0.39, 0.29) is 11.0 Å². The zero-order valence-electron chi connectivity index (χ0n) is 10.2. The van der Waals surface area contributed by atoms with Crippen LogP contribution in [0.5, 0.6) is 5.75 Å². The molecule has 104 valence electrons. The van der Waals surface area contributed by atoms with Crippen LogP contribution in [0.15, 0.2) is 27.6 Å². The van der Waals surface area contributed by atoms with Gasteiger partial charge in [-0.15, -0.1) is 0 Å². The first-order valence-electron chi connectivity index (χ1n) is 6.34. The number of ether oxygens (including phenoxy) is 1. The predicted molar refractivity (Wildman–Crippen MR) is 77.0 cm³/mol. The average molecular weight is 366 g/mol. The normalized spacial score (nSPS) is 29.7. The first kappa shape index (κ1) is 13.7. The van der Waals surface area contributed by atoms with Gasteiger partial charge in [0.05, 0.1) is 9.37 Å². The fourth-order valence-corrected chi connectivity index (χ4v) is 4.62. The van der Waals surface area contributed by atoms with E-state index >= 15 is 0 Å². The summed E-state index contributed by atoms with van der Waals surface area (Å²) in [7, 11) is 1.62. The molecule has 0 amide bonds. The van der Waals surface area contributed by atoms with Crippen molar-refractivity contribution in [3.8, 4) is 5.75 Å². The largest absolute Gasteiger partial charge is 0.489 e. The molecule has 0 aliphatic heterocycles. The van der Waals surface area contributed by atoms with Gasteiger partial charge in [-0.05, 0) is 71.6 Å². The van der Waals surface area contributed by atoms with Crippen molar-refractivity contribution in [2.45, 2.75) is 36.7 Å². The Hall–Kier alpha value is -0.260. The van der Waals surface area contributed by atoms with E-state index in [1.165, 1.54) is 31.4 Å². The van der Waals surface area contributed by atoms with Crippen molar-refractivity contribution in [3.05, 3.63) is 22.7 Å². The molecule has 0 N–H and O–H groups in total. The van der Waals surface area contributed by atoms with E-state index in [9.17, 15) is 8.42 Å². The molecule has 3 atom stereocenters. The summed E-state index contributed by atoms with van der Waals surface area (Å²) in [6.07, 6.45) is 5.24. The van der Waals surface area contributed by atoms with Gasteiger partial charge in [0.25, 0.3) is 9.05 Å². The Morgan fingerprint density at radius 1 is 1.26 bits per heavy atom. The molecule has 2 aliphatic rings. The maximum atomic E-state index is 11.2. The van der Waals surface area contributed by atoms with Crippen LogP contribution in [0.3, 0.4) is 0 Å². The second kappa shape index (κ2) is 4.93. The van der Waals surface area contributed by atoms with Gasteiger partial charge < -0.3 is 4.74 Å². The Morgan fingerprint density at radius 2 is 2.05 bits per heavy atom. The Balaban J connectivity index is 1.79. The Labute approximate surface area is 125 Å². The van der Waals surface area contributed by atoms with E-state index in [1.54, 1.807) is 6.07 Å². The van der Waals surface area contributed by atoms with Gasteiger partial charge >= 0.3 is 0 Å². The standard InChI is InChI=1S/C13H14BrClO3S/c14-11-7-10(19(15,16)17)3-4-12(11)18-13-6-8-1-2-9(13)5-8/h3-4,7-9,13H,1-2,5-6H2. The van der Waals surface area contributed by atoms with Gasteiger partial charge in [0.2, 0.25) is 0 Å². The molecule has 0 heterocycles. The van der Waals surface area contributed by atoms with Crippen molar-refractivity contribution in [3.63, 3.8) is 0 Å². The van der Waals surface area contributed by atoms with Gasteiger partial charge in [0, 0.05) is 10.7 Å². The molecule has 0 saturated heterocycles. The van der Waals surface area contributed by atoms with E-state index in [1.807, 2.05) is 0 Å². The van der Waals surface area contributed by atoms with Gasteiger partial charge in [-0.25, -0.2) is 8.42 Å². The maximum Gasteiger partial charge on any atom is 0.261 e. The summed E-state index contributed by atoms with van der Waals surface area (Å²) >= 11 is 3.35. The van der Waals surface area contributed by atoms with E-state index in [0.717, 1.165) is 12.3 Å². The third kappa shape index (κ3) is 2.78. The zero-order chi connectivity index (χ0) is 13.6. The summed E-state index contributed by atoms with van der Waals surface area (Å²) in [5.74, 6) is 2.17. The van der Waals surface area contributed by atoms with Crippen LogP contribution >= 0.6 is 26.6 Å². The molecule has 19 heavy (non-hydrogen) atoms. The van der Waals surface area contributed by atoms with Crippen molar-refractivity contribution in [1.29, 1.82) is 0 Å². The molecule has 3 nitrogen and oxygen atoms in total. The molecule has 2 aliphatic carbocycles. The minimum absolute atomic E-state index is 0.0846. The van der Waals surface area contributed by atoms with Crippen LogP contribution in [0.2, 0.25) is 0 Å². The van der Waals surface area contributed by atoms with E-state index in [2.05, 4.69) is 15.9 Å². The number of fused-ring (bicyclic) bond motifs is 2. The van der Waals surface area contributed by atoms with Crippen LogP contribution in [0.1, 0.15) is 25.7 Å². The lowest BCUT2D eigenvalue weighted by Gasteiger charge is -2.23. The van der Waals surface area contributed by atoms with Crippen molar-refractivity contribution in [2.75, 3.05) is 0 Å². The minimum atomic E-state index is -3.69. The van der Waals surface area contributed by atoms with Crippen LogP contribution < -0.4 is 4.74 Å². The highest BCUT2D eigenvalue weighted by Gasteiger charge is 2.41. The summed E-state index contributed by atoms with van der Waals surface area (Å²) in [4.78, 5) is 0.0846. The van der Waals surface area contributed by atoms with Crippen LogP contribution in [0, 0.1) is 11.8 Å². The second-order valence-electron chi connectivity index (χ2n) is 5.36. The lowest BCUT2D eigenvalue weighted by molar-refractivity contribution is 0.137. The maximum absolute atomic E-state index is 11.2. The fraction of sp³-hybridized carbons (Fsp3) is 0.538. The molecule has 0 radical (unpaired) electrons. The van der Waals surface area contributed by atoms with Gasteiger partial charge in [-0.2, -0.15) is 0 Å². The van der Waals surface area contributed by atoms with Crippen LogP contribution in [-0.2, 0) is 9.05 Å². The molecule has 0 aromatic heterocycles. The van der Waals surface area contributed by atoms with E-state index in [0.29, 0.717) is 16.1 Å². The fourth-order valence-electron chi connectivity index (χ4n) is 3.22. The molecule has 2 saturated carbocycles. The van der Waals surface area contributed by atoms with Gasteiger partial charge in [0.1, 0.15) is 11.9 Å². The molecule has 3 unspecified atom stereocenters. The quantitative estimate of drug-likeness (QED) is 0.762. The van der Waals surface area contributed by atoms with Crippen molar-refractivity contribution >= 4 is 35.7 Å². The van der Waals surface area contributed by atoms with Crippen LogP contribution in [-0.4, -0.2) is 14.5 Å². The third-order valence-electron chi connectivity index (χ3n) is 4.14. The molecule has 2 bridgehead atoms. The summed E-state index contributed by atoms with van der Waals surface area (Å²) < 4.78 is 29.2. The van der Waals surface area contributed by atoms with Crippen LogP contribution in [0.25, 0.3) is 0 Å². The zero-order valence-corrected chi connectivity index (χ0v) is 13.3. The van der Waals surface area contributed by atoms with Gasteiger partial charge in [-0.1, -0.05) is 0 Å². The van der Waals surface area contributed by atoms with Crippen molar-refractivity contribution < 1.29 is 13.2 Å². The summed E-state index contributed by atoms with van der Waals surface area (Å²) in [6, 6.07) is 4.64. The number of hydrogen-bond donors (Lipinski definition) is 0. The third-order valence-corrected chi connectivity index (χ3v) is 6.11. The molecule has 2 fully saturated rings. The molecule has 6 heteroatoms. The number of hydrogen-bond acceptors (Lipinski definition) is 3. The van der Waals surface area contributed by atoms with Crippen molar-refractivity contribution in [1.82, 2.24) is 0 Å². The molecular formula is C13H14BrClO3S. The summed E-state index contributed by atoms with van der Waals surface area (Å²) in [5, 5.41) is 0. The predicted octanol–water partition coefficient (Wildman–Crippen LogP) is 3.94.